The Balaban J connectivity index is 0.00000144. The third kappa shape index (κ3) is 3.22. The molecule has 0 spiro atoms. The van der Waals surface area contributed by atoms with Crippen LogP contribution in [0.5, 0.6) is 0 Å². The molecule has 0 aliphatic carbocycles. The van der Waals surface area contributed by atoms with Crippen LogP contribution < -0.4 is 24.6 Å². The van der Waals surface area contributed by atoms with Crippen molar-refractivity contribution in [3.8, 4) is 0 Å². The van der Waals surface area contributed by atoms with Gasteiger partial charge in [-0.2, -0.15) is 0 Å². The summed E-state index contributed by atoms with van der Waals surface area (Å²) in [5, 5.41) is -0.148. The van der Waals surface area contributed by atoms with Crippen molar-refractivity contribution in [2.75, 3.05) is 5.73 Å². The molecule has 0 saturated heterocycles. The third-order valence-corrected chi connectivity index (χ3v) is 2.54. The van der Waals surface area contributed by atoms with E-state index in [-0.39, 0.29) is 23.9 Å². The van der Waals surface area contributed by atoms with Crippen LogP contribution in [-0.2, 0) is 10.1 Å². The summed E-state index contributed by atoms with van der Waals surface area (Å²) in [7, 11) is -4.49. The summed E-state index contributed by atoms with van der Waals surface area (Å²) in [5.41, 5.74) is 5.60. The number of anilines is 1. The SMILES string of the molecule is Nc1ccc(S(=O)(=O)[O-])c(Cl)c1.[Li+]. The number of rotatable bonds is 1. The van der Waals surface area contributed by atoms with E-state index in [1.165, 1.54) is 12.1 Å². The van der Waals surface area contributed by atoms with Gasteiger partial charge < -0.3 is 10.3 Å². The van der Waals surface area contributed by atoms with Gasteiger partial charge in [0.25, 0.3) is 0 Å². The molecule has 0 aliphatic heterocycles. The number of nitrogen functional groups attached to an aromatic ring is 1. The molecule has 0 fully saturated rings. The molecule has 0 aliphatic rings. The topological polar surface area (TPSA) is 83.2 Å². The van der Waals surface area contributed by atoms with Crippen LogP contribution in [0.25, 0.3) is 0 Å². The monoisotopic (exact) mass is 213 g/mol. The molecule has 1 aromatic carbocycles. The molecule has 66 valence electrons. The fourth-order valence-electron chi connectivity index (χ4n) is 0.720. The van der Waals surface area contributed by atoms with Gasteiger partial charge in [0.15, 0.2) is 0 Å². The second kappa shape index (κ2) is 4.36. The van der Waals surface area contributed by atoms with Gasteiger partial charge in [0, 0.05) is 5.69 Å². The zero-order valence-electron chi connectivity index (χ0n) is 6.82. The largest absolute Gasteiger partial charge is 1.00 e. The van der Waals surface area contributed by atoms with E-state index in [1.807, 2.05) is 0 Å². The van der Waals surface area contributed by atoms with E-state index in [0.29, 0.717) is 5.69 Å². The first kappa shape index (κ1) is 12.8. The summed E-state index contributed by atoms with van der Waals surface area (Å²) >= 11 is 5.45. The molecule has 1 rings (SSSR count). The van der Waals surface area contributed by atoms with Crippen molar-refractivity contribution < 1.29 is 31.8 Å². The van der Waals surface area contributed by atoms with Crippen molar-refractivity contribution in [2.45, 2.75) is 4.90 Å². The second-order valence-electron chi connectivity index (χ2n) is 2.14. The van der Waals surface area contributed by atoms with Crippen LogP contribution in [0, 0.1) is 0 Å². The fraction of sp³-hybridized carbons (Fsp3) is 0. The third-order valence-electron chi connectivity index (χ3n) is 1.23. The summed E-state index contributed by atoms with van der Waals surface area (Å²) < 4.78 is 31.5. The van der Waals surface area contributed by atoms with Gasteiger partial charge in [-0.1, -0.05) is 11.6 Å². The van der Waals surface area contributed by atoms with Gasteiger partial charge in [-0.15, -0.1) is 0 Å². The van der Waals surface area contributed by atoms with Crippen LogP contribution in [0.4, 0.5) is 5.69 Å². The van der Waals surface area contributed by atoms with E-state index in [2.05, 4.69) is 0 Å². The molecular formula is C6H5ClLiNO3S. The summed E-state index contributed by atoms with van der Waals surface area (Å²) in [6.45, 7) is 0. The summed E-state index contributed by atoms with van der Waals surface area (Å²) in [6, 6.07) is 3.60. The van der Waals surface area contributed by atoms with Gasteiger partial charge in [-0.3, -0.25) is 0 Å². The maximum Gasteiger partial charge on any atom is 1.00 e. The molecule has 0 radical (unpaired) electrons. The van der Waals surface area contributed by atoms with Gasteiger partial charge in [-0.05, 0) is 18.2 Å². The van der Waals surface area contributed by atoms with Gasteiger partial charge >= 0.3 is 18.9 Å². The Bertz CT molecular complexity index is 406. The first-order valence-electron chi connectivity index (χ1n) is 2.92. The molecule has 13 heavy (non-hydrogen) atoms. The quantitative estimate of drug-likeness (QED) is 0.327. The normalized spacial score (nSPS) is 10.6. The van der Waals surface area contributed by atoms with Crippen molar-refractivity contribution in [1.29, 1.82) is 0 Å². The van der Waals surface area contributed by atoms with E-state index in [0.717, 1.165) is 6.07 Å². The molecule has 0 heterocycles. The average Bonchev–Trinajstić information content (AvgIpc) is 1.83. The molecule has 0 aromatic heterocycles. The van der Waals surface area contributed by atoms with Crippen LogP contribution in [0.3, 0.4) is 0 Å². The molecule has 0 atom stereocenters. The Labute approximate surface area is 93.0 Å². The maximum atomic E-state index is 10.5. The van der Waals surface area contributed by atoms with Crippen LogP contribution in [0.2, 0.25) is 5.02 Å². The van der Waals surface area contributed by atoms with Crippen LogP contribution in [-0.4, -0.2) is 13.0 Å². The average molecular weight is 214 g/mol. The molecule has 0 saturated carbocycles. The second-order valence-corrected chi connectivity index (χ2v) is 3.90. The predicted molar refractivity (Wildman–Crippen MR) is 43.8 cm³/mol. The van der Waals surface area contributed by atoms with Gasteiger partial charge in [0.2, 0.25) is 0 Å². The van der Waals surface area contributed by atoms with E-state index in [1.54, 1.807) is 0 Å². The maximum absolute atomic E-state index is 10.5. The van der Waals surface area contributed by atoms with Crippen molar-refractivity contribution in [3.05, 3.63) is 23.2 Å². The molecular weight excluding hydrogens is 209 g/mol. The number of halogens is 1. The van der Waals surface area contributed by atoms with Crippen molar-refractivity contribution >= 4 is 27.4 Å². The number of benzene rings is 1. The fourth-order valence-corrected chi connectivity index (χ4v) is 1.72. The number of hydrogen-bond donors (Lipinski definition) is 1. The van der Waals surface area contributed by atoms with Crippen LogP contribution >= 0.6 is 11.6 Å². The zero-order valence-corrected chi connectivity index (χ0v) is 8.39. The number of hydrogen-bond acceptors (Lipinski definition) is 4. The minimum absolute atomic E-state index is 0. The van der Waals surface area contributed by atoms with Crippen LogP contribution in [0.15, 0.2) is 23.1 Å². The van der Waals surface area contributed by atoms with Crippen molar-refractivity contribution in [1.82, 2.24) is 0 Å². The number of nitrogens with two attached hydrogens (primary N) is 1. The minimum Gasteiger partial charge on any atom is -0.744 e. The molecule has 1 aromatic rings. The molecule has 0 unspecified atom stereocenters. The summed E-state index contributed by atoms with van der Waals surface area (Å²) in [6.07, 6.45) is 0. The smallest absolute Gasteiger partial charge is 0.744 e. The standard InChI is InChI=1S/C6H6ClNO3S.Li/c7-5-3-4(8)1-2-6(5)12(9,10)11;/h1-3H,8H2,(H,9,10,11);/q;+1/p-1. The Morgan fingerprint density at radius 1 is 1.38 bits per heavy atom. The van der Waals surface area contributed by atoms with E-state index >= 15 is 0 Å². The summed E-state index contributed by atoms with van der Waals surface area (Å²) in [4.78, 5) is -0.446. The molecule has 2 N–H and O–H groups in total. The molecule has 0 bridgehead atoms. The Morgan fingerprint density at radius 3 is 2.31 bits per heavy atom. The minimum atomic E-state index is -4.49. The molecule has 4 nitrogen and oxygen atoms in total. The van der Waals surface area contributed by atoms with Crippen LogP contribution in [0.1, 0.15) is 0 Å². The van der Waals surface area contributed by atoms with Crippen molar-refractivity contribution in [2.24, 2.45) is 0 Å². The van der Waals surface area contributed by atoms with E-state index in [9.17, 15) is 13.0 Å². The van der Waals surface area contributed by atoms with Gasteiger partial charge in [0.1, 0.15) is 10.1 Å². The Kier molecular flexibility index (Phi) is 4.29. The molecule has 0 amide bonds. The van der Waals surface area contributed by atoms with Gasteiger partial charge in [-0.25, -0.2) is 8.42 Å². The first-order valence-corrected chi connectivity index (χ1v) is 4.71. The zero-order chi connectivity index (χ0) is 9.35. The van der Waals surface area contributed by atoms with Crippen molar-refractivity contribution in [3.63, 3.8) is 0 Å². The molecule has 7 heteroatoms. The first-order chi connectivity index (χ1) is 5.41. The Hall–Kier alpha value is -0.183. The Morgan fingerprint density at radius 2 is 1.92 bits per heavy atom. The summed E-state index contributed by atoms with van der Waals surface area (Å²) in [5.74, 6) is 0. The van der Waals surface area contributed by atoms with E-state index in [4.69, 9.17) is 17.3 Å². The van der Waals surface area contributed by atoms with Gasteiger partial charge in [0.05, 0.1) is 9.92 Å². The predicted octanol–water partition coefficient (Wildman–Crippen LogP) is -2.17. The van der Waals surface area contributed by atoms with E-state index < -0.39 is 15.0 Å².